The molecule has 1 aliphatic carbocycles. The van der Waals surface area contributed by atoms with E-state index in [1.165, 1.54) is 44.9 Å². The van der Waals surface area contributed by atoms with Crippen LogP contribution in [-0.4, -0.2) is 26.3 Å². The normalized spacial score (nSPS) is 25.3. The Morgan fingerprint density at radius 3 is 2.33 bits per heavy atom. The number of unbranched alkanes of at least 4 members (excludes halogenated alkanes) is 1. The van der Waals surface area contributed by atoms with Crippen LogP contribution in [0.5, 0.6) is 0 Å². The average Bonchev–Trinajstić information content (AvgIpc) is 2.39. The van der Waals surface area contributed by atoms with E-state index in [0.29, 0.717) is 5.41 Å². The molecule has 0 atom stereocenters. The number of hydrogen-bond donors (Lipinski definition) is 1. The number of nitrogens with one attached hydrogen (secondary N) is 1. The van der Waals surface area contributed by atoms with Gasteiger partial charge in [-0.15, -0.1) is 0 Å². The summed E-state index contributed by atoms with van der Waals surface area (Å²) in [6.45, 7) is 9.28. The summed E-state index contributed by atoms with van der Waals surface area (Å²) < 4.78 is 5.07. The number of rotatable bonds is 8. The van der Waals surface area contributed by atoms with E-state index in [1.807, 2.05) is 0 Å². The minimum Gasteiger partial charge on any atom is -0.385 e. The molecule has 0 aromatic rings. The zero-order chi connectivity index (χ0) is 13.4. The highest BCUT2D eigenvalue weighted by Crippen LogP contribution is 2.40. The van der Waals surface area contributed by atoms with Crippen molar-refractivity contribution in [1.29, 1.82) is 0 Å². The van der Waals surface area contributed by atoms with E-state index in [4.69, 9.17) is 4.74 Å². The van der Waals surface area contributed by atoms with Crippen molar-refractivity contribution in [3.05, 3.63) is 0 Å². The number of methoxy groups -OCH3 is 1. The lowest BCUT2D eigenvalue weighted by atomic mass is 9.69. The minimum atomic E-state index is 0.545. The molecule has 0 spiro atoms. The van der Waals surface area contributed by atoms with Crippen molar-refractivity contribution < 1.29 is 4.74 Å². The first-order valence-corrected chi connectivity index (χ1v) is 7.82. The maximum atomic E-state index is 5.07. The summed E-state index contributed by atoms with van der Waals surface area (Å²) in [7, 11) is 1.78. The fourth-order valence-electron chi connectivity index (χ4n) is 3.05. The molecule has 1 rings (SSSR count). The summed E-state index contributed by atoms with van der Waals surface area (Å²) >= 11 is 0. The van der Waals surface area contributed by atoms with E-state index < -0.39 is 0 Å². The van der Waals surface area contributed by atoms with Gasteiger partial charge in [-0.2, -0.15) is 0 Å². The molecule has 1 fully saturated rings. The third-order valence-electron chi connectivity index (χ3n) is 4.95. The molecule has 2 heteroatoms. The molecular formula is C16H33NO. The van der Waals surface area contributed by atoms with Crippen molar-refractivity contribution in [2.24, 2.45) is 11.3 Å². The maximum Gasteiger partial charge on any atom is 0.0462 e. The second-order valence-corrected chi connectivity index (χ2v) is 6.54. The second kappa shape index (κ2) is 8.16. The lowest BCUT2D eigenvalue weighted by molar-refractivity contribution is 0.136. The van der Waals surface area contributed by atoms with Crippen LogP contribution < -0.4 is 5.32 Å². The Balaban J connectivity index is 2.12. The van der Waals surface area contributed by atoms with Crippen LogP contribution in [0.1, 0.15) is 65.7 Å². The zero-order valence-electron chi connectivity index (χ0n) is 12.9. The molecule has 1 saturated carbocycles. The molecule has 0 aliphatic heterocycles. The van der Waals surface area contributed by atoms with Gasteiger partial charge in [-0.3, -0.25) is 0 Å². The van der Waals surface area contributed by atoms with Crippen molar-refractivity contribution in [3.63, 3.8) is 0 Å². The Hall–Kier alpha value is -0.0800. The van der Waals surface area contributed by atoms with Gasteiger partial charge in [-0.05, 0) is 56.4 Å². The molecule has 0 unspecified atom stereocenters. The predicted molar refractivity (Wildman–Crippen MR) is 78.9 cm³/mol. The SMILES string of the molecule is CCC(C)(C)C1CCC(NCCCCOC)CC1. The number of ether oxygens (including phenoxy) is 1. The van der Waals surface area contributed by atoms with Crippen LogP contribution in [0.15, 0.2) is 0 Å². The van der Waals surface area contributed by atoms with E-state index in [9.17, 15) is 0 Å². The van der Waals surface area contributed by atoms with E-state index in [2.05, 4.69) is 26.1 Å². The first kappa shape index (κ1) is 16.0. The number of hydrogen-bond acceptors (Lipinski definition) is 2. The fraction of sp³-hybridized carbons (Fsp3) is 1.00. The zero-order valence-corrected chi connectivity index (χ0v) is 12.9. The molecule has 18 heavy (non-hydrogen) atoms. The molecule has 0 aromatic carbocycles. The van der Waals surface area contributed by atoms with Gasteiger partial charge in [0.15, 0.2) is 0 Å². The van der Waals surface area contributed by atoms with Crippen LogP contribution in [0.2, 0.25) is 0 Å². The van der Waals surface area contributed by atoms with Gasteiger partial charge in [0.25, 0.3) is 0 Å². The molecule has 0 saturated heterocycles. The summed E-state index contributed by atoms with van der Waals surface area (Å²) in [5.74, 6) is 0.939. The molecule has 0 radical (unpaired) electrons. The molecule has 1 aliphatic rings. The fourth-order valence-corrected chi connectivity index (χ4v) is 3.05. The van der Waals surface area contributed by atoms with Crippen molar-refractivity contribution in [3.8, 4) is 0 Å². The topological polar surface area (TPSA) is 21.3 Å². The highest BCUT2D eigenvalue weighted by molar-refractivity contribution is 4.84. The van der Waals surface area contributed by atoms with Crippen LogP contribution in [0, 0.1) is 11.3 Å². The van der Waals surface area contributed by atoms with Crippen LogP contribution in [0.4, 0.5) is 0 Å². The van der Waals surface area contributed by atoms with Crippen molar-refractivity contribution in [2.45, 2.75) is 71.8 Å². The van der Waals surface area contributed by atoms with E-state index in [1.54, 1.807) is 7.11 Å². The van der Waals surface area contributed by atoms with Crippen molar-refractivity contribution in [2.75, 3.05) is 20.3 Å². The molecule has 108 valence electrons. The van der Waals surface area contributed by atoms with Gasteiger partial charge in [-0.1, -0.05) is 27.2 Å². The summed E-state index contributed by atoms with van der Waals surface area (Å²) in [5, 5.41) is 3.71. The molecule has 0 amide bonds. The molecule has 2 nitrogen and oxygen atoms in total. The van der Waals surface area contributed by atoms with E-state index in [-0.39, 0.29) is 0 Å². The Morgan fingerprint density at radius 1 is 1.11 bits per heavy atom. The average molecular weight is 255 g/mol. The smallest absolute Gasteiger partial charge is 0.0462 e. The summed E-state index contributed by atoms with van der Waals surface area (Å²) in [6.07, 6.45) is 9.31. The molecule has 1 N–H and O–H groups in total. The summed E-state index contributed by atoms with van der Waals surface area (Å²) in [6, 6.07) is 0.774. The monoisotopic (exact) mass is 255 g/mol. The second-order valence-electron chi connectivity index (χ2n) is 6.54. The van der Waals surface area contributed by atoms with Gasteiger partial charge < -0.3 is 10.1 Å². The Bertz CT molecular complexity index is 207. The first-order valence-electron chi connectivity index (χ1n) is 7.82. The Morgan fingerprint density at radius 2 is 1.78 bits per heavy atom. The van der Waals surface area contributed by atoms with E-state index in [0.717, 1.165) is 25.1 Å². The maximum absolute atomic E-state index is 5.07. The van der Waals surface area contributed by atoms with Gasteiger partial charge in [-0.25, -0.2) is 0 Å². The van der Waals surface area contributed by atoms with Crippen LogP contribution in [0.3, 0.4) is 0 Å². The van der Waals surface area contributed by atoms with Gasteiger partial charge in [0.05, 0.1) is 0 Å². The Labute approximate surface area is 114 Å². The minimum absolute atomic E-state index is 0.545. The van der Waals surface area contributed by atoms with Crippen molar-refractivity contribution in [1.82, 2.24) is 5.32 Å². The highest BCUT2D eigenvalue weighted by atomic mass is 16.5. The largest absolute Gasteiger partial charge is 0.385 e. The first-order chi connectivity index (χ1) is 8.60. The van der Waals surface area contributed by atoms with Gasteiger partial charge in [0.2, 0.25) is 0 Å². The van der Waals surface area contributed by atoms with Gasteiger partial charge in [0, 0.05) is 19.8 Å². The lowest BCUT2D eigenvalue weighted by Crippen LogP contribution is -2.37. The third kappa shape index (κ3) is 5.27. The quantitative estimate of drug-likeness (QED) is 0.662. The Kier molecular flexibility index (Phi) is 7.25. The standard InChI is InChI=1S/C16H33NO/c1-5-16(2,3)14-8-10-15(11-9-14)17-12-6-7-13-18-4/h14-15,17H,5-13H2,1-4H3. The van der Waals surface area contributed by atoms with E-state index >= 15 is 0 Å². The van der Waals surface area contributed by atoms with Crippen LogP contribution in [0.25, 0.3) is 0 Å². The molecular weight excluding hydrogens is 222 g/mol. The lowest BCUT2D eigenvalue weighted by Gasteiger charge is -2.39. The molecule has 0 heterocycles. The highest BCUT2D eigenvalue weighted by Gasteiger charge is 2.31. The molecule has 0 aromatic heterocycles. The summed E-state index contributed by atoms with van der Waals surface area (Å²) in [4.78, 5) is 0. The third-order valence-corrected chi connectivity index (χ3v) is 4.95. The molecule has 0 bridgehead atoms. The van der Waals surface area contributed by atoms with Crippen LogP contribution in [-0.2, 0) is 4.74 Å². The predicted octanol–water partition coefficient (Wildman–Crippen LogP) is 4.00. The summed E-state index contributed by atoms with van der Waals surface area (Å²) in [5.41, 5.74) is 0.545. The van der Waals surface area contributed by atoms with Gasteiger partial charge >= 0.3 is 0 Å². The van der Waals surface area contributed by atoms with Gasteiger partial charge in [0.1, 0.15) is 0 Å². The van der Waals surface area contributed by atoms with Crippen LogP contribution >= 0.6 is 0 Å². The van der Waals surface area contributed by atoms with Crippen molar-refractivity contribution >= 4 is 0 Å².